The predicted octanol–water partition coefficient (Wildman–Crippen LogP) is 0.987. The Kier molecular flexibility index (Phi) is 5.50. The van der Waals surface area contributed by atoms with Gasteiger partial charge in [0.15, 0.2) is 0 Å². The summed E-state index contributed by atoms with van der Waals surface area (Å²) in [5, 5.41) is 0. The van der Waals surface area contributed by atoms with Gasteiger partial charge in [-0.1, -0.05) is 6.08 Å². The Labute approximate surface area is 94.7 Å². The maximum Gasteiger partial charge on any atom is 0.140 e. The molecule has 0 heterocycles. The van der Waals surface area contributed by atoms with E-state index in [1.807, 2.05) is 0 Å². The van der Waals surface area contributed by atoms with Gasteiger partial charge in [0.1, 0.15) is 23.6 Å². The van der Waals surface area contributed by atoms with E-state index in [0.29, 0.717) is 6.29 Å². The van der Waals surface area contributed by atoms with E-state index in [9.17, 15) is 19.2 Å². The first kappa shape index (κ1) is 14.4. The van der Waals surface area contributed by atoms with Crippen molar-refractivity contribution in [1.29, 1.82) is 0 Å². The molecule has 4 nitrogen and oxygen atoms in total. The highest BCUT2D eigenvalue weighted by atomic mass is 16.2. The van der Waals surface area contributed by atoms with Gasteiger partial charge < -0.3 is 4.79 Å². The minimum atomic E-state index is -1.07. The van der Waals surface area contributed by atoms with Crippen molar-refractivity contribution in [3.63, 3.8) is 0 Å². The minimum Gasteiger partial charge on any atom is -0.303 e. The van der Waals surface area contributed by atoms with Crippen LogP contribution in [-0.4, -0.2) is 23.6 Å². The second-order valence-corrected chi connectivity index (χ2v) is 3.78. The van der Waals surface area contributed by atoms with Crippen LogP contribution in [0.2, 0.25) is 0 Å². The molecule has 0 spiro atoms. The first-order valence-corrected chi connectivity index (χ1v) is 4.96. The zero-order valence-electron chi connectivity index (χ0n) is 9.73. The van der Waals surface area contributed by atoms with Crippen LogP contribution < -0.4 is 0 Å². The molecule has 0 saturated carbocycles. The van der Waals surface area contributed by atoms with E-state index in [1.54, 1.807) is 0 Å². The molecule has 0 aromatic rings. The van der Waals surface area contributed by atoms with E-state index < -0.39 is 23.5 Å². The van der Waals surface area contributed by atoms with Gasteiger partial charge in [0.25, 0.3) is 0 Å². The molecule has 0 radical (unpaired) electrons. The summed E-state index contributed by atoms with van der Waals surface area (Å²) >= 11 is 0. The number of ketones is 3. The fourth-order valence-electron chi connectivity index (χ4n) is 1.73. The van der Waals surface area contributed by atoms with E-state index in [4.69, 9.17) is 0 Å². The monoisotopic (exact) mass is 224 g/mol. The predicted molar refractivity (Wildman–Crippen MR) is 58.8 cm³/mol. The Morgan fingerprint density at radius 3 is 1.56 bits per heavy atom. The molecule has 0 aliphatic rings. The molecule has 16 heavy (non-hydrogen) atoms. The Bertz CT molecular complexity index is 304. The highest BCUT2D eigenvalue weighted by molar-refractivity contribution is 6.00. The lowest BCUT2D eigenvalue weighted by molar-refractivity contribution is -0.138. The quantitative estimate of drug-likeness (QED) is 0.367. The molecule has 0 aliphatic carbocycles. The third-order valence-corrected chi connectivity index (χ3v) is 2.58. The summed E-state index contributed by atoms with van der Waals surface area (Å²) in [5.41, 5.74) is 0. The van der Waals surface area contributed by atoms with Crippen molar-refractivity contribution >= 4 is 23.6 Å². The Morgan fingerprint density at radius 2 is 1.38 bits per heavy atom. The Morgan fingerprint density at radius 1 is 0.938 bits per heavy atom. The van der Waals surface area contributed by atoms with Crippen molar-refractivity contribution in [2.75, 3.05) is 0 Å². The molecule has 0 aliphatic heterocycles. The first-order valence-electron chi connectivity index (χ1n) is 4.96. The number of hydrogen-bond acceptors (Lipinski definition) is 4. The van der Waals surface area contributed by atoms with Gasteiger partial charge in [-0.25, -0.2) is 0 Å². The highest BCUT2D eigenvalue weighted by Gasteiger charge is 2.36. The van der Waals surface area contributed by atoms with Crippen LogP contribution >= 0.6 is 0 Å². The molecular weight excluding hydrogens is 208 g/mol. The maximum absolute atomic E-state index is 11.4. The number of carbonyl (C=O) groups is 4. The second-order valence-electron chi connectivity index (χ2n) is 3.78. The van der Waals surface area contributed by atoms with Crippen molar-refractivity contribution in [2.45, 2.75) is 20.8 Å². The van der Waals surface area contributed by atoms with Gasteiger partial charge >= 0.3 is 0 Å². The van der Waals surface area contributed by atoms with Crippen LogP contribution in [0.3, 0.4) is 0 Å². The average Bonchev–Trinajstić information content (AvgIpc) is 2.16. The van der Waals surface area contributed by atoms with Gasteiger partial charge in [-0.05, 0) is 20.8 Å². The zero-order valence-corrected chi connectivity index (χ0v) is 9.73. The van der Waals surface area contributed by atoms with Crippen LogP contribution in [0.15, 0.2) is 12.7 Å². The van der Waals surface area contributed by atoms with Crippen LogP contribution in [0.5, 0.6) is 0 Å². The summed E-state index contributed by atoms with van der Waals surface area (Å²) in [7, 11) is 0. The molecule has 0 fully saturated rings. The molecule has 4 heteroatoms. The molecule has 0 unspecified atom stereocenters. The summed E-state index contributed by atoms with van der Waals surface area (Å²) in [6.07, 6.45) is 1.74. The molecule has 0 aromatic carbocycles. The molecular formula is C12H16O4. The van der Waals surface area contributed by atoms with Crippen LogP contribution in [0, 0.1) is 17.8 Å². The summed E-state index contributed by atoms with van der Waals surface area (Å²) in [4.78, 5) is 44.8. The topological polar surface area (TPSA) is 68.3 Å². The van der Waals surface area contributed by atoms with E-state index in [-0.39, 0.29) is 11.6 Å². The summed E-state index contributed by atoms with van der Waals surface area (Å²) < 4.78 is 0. The van der Waals surface area contributed by atoms with Crippen LogP contribution in [0.1, 0.15) is 20.8 Å². The standard InChI is InChI=1S/C12H16O4/c1-5-10(7(2)14)12(9(4)16)11(6-13)8(3)15/h5-6,10-12H,1H2,2-4H3/t10-,11-,12-/m0/s1. The van der Waals surface area contributed by atoms with Gasteiger partial charge in [-0.15, -0.1) is 6.58 Å². The van der Waals surface area contributed by atoms with Gasteiger partial charge in [0.05, 0.1) is 5.92 Å². The van der Waals surface area contributed by atoms with E-state index in [2.05, 4.69) is 6.58 Å². The third kappa shape index (κ3) is 3.22. The van der Waals surface area contributed by atoms with Crippen molar-refractivity contribution in [2.24, 2.45) is 17.8 Å². The maximum atomic E-state index is 11.4. The smallest absolute Gasteiger partial charge is 0.140 e. The molecule has 0 rings (SSSR count). The number of aldehydes is 1. The normalized spacial score (nSPS) is 15.7. The molecule has 0 aromatic heterocycles. The summed E-state index contributed by atoms with van der Waals surface area (Å²) in [5.74, 6) is -3.81. The van der Waals surface area contributed by atoms with Crippen molar-refractivity contribution in [3.05, 3.63) is 12.7 Å². The SMILES string of the molecule is C=C[C@@H](C(C)=O)[C@H](C(C)=O)[C@@H](C=O)C(C)=O. The van der Waals surface area contributed by atoms with Gasteiger partial charge in [-0.2, -0.15) is 0 Å². The number of carbonyl (C=O) groups excluding carboxylic acids is 4. The molecule has 88 valence electrons. The van der Waals surface area contributed by atoms with Gasteiger partial charge in [0.2, 0.25) is 0 Å². The summed E-state index contributed by atoms with van der Waals surface area (Å²) in [6.45, 7) is 7.27. The average molecular weight is 224 g/mol. The lowest BCUT2D eigenvalue weighted by atomic mass is 9.76. The number of rotatable bonds is 7. The van der Waals surface area contributed by atoms with Gasteiger partial charge in [0, 0.05) is 11.8 Å². The lowest BCUT2D eigenvalue weighted by Crippen LogP contribution is -2.36. The molecule has 0 amide bonds. The van der Waals surface area contributed by atoms with Crippen molar-refractivity contribution < 1.29 is 19.2 Å². The minimum absolute atomic E-state index is 0.275. The number of hydrogen-bond donors (Lipinski definition) is 0. The zero-order chi connectivity index (χ0) is 12.9. The Balaban J connectivity index is 5.34. The van der Waals surface area contributed by atoms with Gasteiger partial charge in [-0.3, -0.25) is 14.4 Å². The molecule has 0 bridgehead atoms. The number of allylic oxidation sites excluding steroid dienone is 1. The van der Waals surface area contributed by atoms with E-state index in [1.165, 1.54) is 26.8 Å². The number of Topliss-reactive ketones (excluding diaryl/α,β-unsaturated/α-hetero) is 3. The van der Waals surface area contributed by atoms with Crippen molar-refractivity contribution in [3.8, 4) is 0 Å². The lowest BCUT2D eigenvalue weighted by Gasteiger charge is -2.23. The molecule has 0 saturated heterocycles. The largest absolute Gasteiger partial charge is 0.303 e. The molecule has 3 atom stereocenters. The van der Waals surface area contributed by atoms with Crippen molar-refractivity contribution in [1.82, 2.24) is 0 Å². The van der Waals surface area contributed by atoms with E-state index >= 15 is 0 Å². The first-order chi connectivity index (χ1) is 7.36. The van der Waals surface area contributed by atoms with Crippen LogP contribution in [0.25, 0.3) is 0 Å². The van der Waals surface area contributed by atoms with Crippen LogP contribution in [-0.2, 0) is 19.2 Å². The van der Waals surface area contributed by atoms with E-state index in [0.717, 1.165) is 0 Å². The highest BCUT2D eigenvalue weighted by Crippen LogP contribution is 2.24. The fraction of sp³-hybridized carbons (Fsp3) is 0.500. The van der Waals surface area contributed by atoms with Crippen LogP contribution in [0.4, 0.5) is 0 Å². The second kappa shape index (κ2) is 6.10. The third-order valence-electron chi connectivity index (χ3n) is 2.58. The Hall–Kier alpha value is -1.58. The summed E-state index contributed by atoms with van der Waals surface area (Å²) in [6, 6.07) is 0. The molecule has 0 N–H and O–H groups in total. The fourth-order valence-corrected chi connectivity index (χ4v) is 1.73.